The fourth-order valence-electron chi connectivity index (χ4n) is 1.86. The van der Waals surface area contributed by atoms with Crippen molar-refractivity contribution in [2.45, 2.75) is 33.7 Å². The molecule has 0 aliphatic carbocycles. The van der Waals surface area contributed by atoms with Gasteiger partial charge in [-0.15, -0.1) is 0 Å². The molecule has 0 amide bonds. The fraction of sp³-hybridized carbons (Fsp3) is 0.692. The van der Waals surface area contributed by atoms with E-state index < -0.39 is 0 Å². The Kier molecular flexibility index (Phi) is 5.85. The molecule has 1 aromatic heterocycles. The van der Waals surface area contributed by atoms with Crippen LogP contribution in [0.25, 0.3) is 0 Å². The first-order valence-electron chi connectivity index (χ1n) is 6.34. The largest absolute Gasteiger partial charge is 0.469 e. The summed E-state index contributed by atoms with van der Waals surface area (Å²) in [5.41, 5.74) is 2.25. The van der Waals surface area contributed by atoms with Crippen LogP contribution in [0.3, 0.4) is 0 Å². The summed E-state index contributed by atoms with van der Waals surface area (Å²) in [6, 6.07) is 2.08. The highest BCUT2D eigenvalue weighted by Crippen LogP contribution is 2.02. The number of nitrogens with zero attached hydrogens (tertiary/aromatic N) is 2. The van der Waals surface area contributed by atoms with Crippen molar-refractivity contribution in [3.8, 4) is 0 Å². The van der Waals surface area contributed by atoms with Gasteiger partial charge in [0.2, 0.25) is 0 Å². The van der Waals surface area contributed by atoms with Gasteiger partial charge in [0.15, 0.2) is 0 Å². The molecule has 1 unspecified atom stereocenters. The third-order valence-electron chi connectivity index (χ3n) is 2.88. The number of aryl methyl sites for hydroxylation is 3. The normalized spacial score (nSPS) is 12.4. The molecule has 0 aliphatic rings. The summed E-state index contributed by atoms with van der Waals surface area (Å²) in [5.74, 6) is -0.260. The van der Waals surface area contributed by atoms with E-state index in [1.54, 1.807) is 0 Å². The SMILES string of the molecule is COC(=O)C(C)CNCCCn1nc(C)cc1C. The lowest BCUT2D eigenvalue weighted by atomic mass is 10.2. The number of ether oxygens (including phenoxy) is 1. The average molecular weight is 253 g/mol. The smallest absolute Gasteiger partial charge is 0.309 e. The Balaban J connectivity index is 2.16. The molecule has 1 atom stereocenters. The number of esters is 1. The molecule has 5 heteroatoms. The van der Waals surface area contributed by atoms with Gasteiger partial charge < -0.3 is 10.1 Å². The van der Waals surface area contributed by atoms with Gasteiger partial charge in [-0.3, -0.25) is 9.48 Å². The minimum absolute atomic E-state index is 0.0938. The third kappa shape index (κ3) is 4.49. The zero-order chi connectivity index (χ0) is 13.5. The molecule has 0 saturated heterocycles. The van der Waals surface area contributed by atoms with E-state index in [9.17, 15) is 4.79 Å². The van der Waals surface area contributed by atoms with Crippen LogP contribution in [-0.4, -0.2) is 35.9 Å². The minimum Gasteiger partial charge on any atom is -0.469 e. The molecule has 0 radical (unpaired) electrons. The van der Waals surface area contributed by atoms with Crippen LogP contribution in [0.15, 0.2) is 6.07 Å². The number of aromatic nitrogens is 2. The maximum Gasteiger partial charge on any atom is 0.309 e. The van der Waals surface area contributed by atoms with Crippen molar-refractivity contribution in [3.63, 3.8) is 0 Å². The highest BCUT2D eigenvalue weighted by atomic mass is 16.5. The Hall–Kier alpha value is -1.36. The van der Waals surface area contributed by atoms with E-state index in [2.05, 4.69) is 28.1 Å². The molecule has 0 bridgehead atoms. The highest BCUT2D eigenvalue weighted by Gasteiger charge is 2.11. The Bertz CT molecular complexity index is 388. The van der Waals surface area contributed by atoms with E-state index in [4.69, 9.17) is 0 Å². The summed E-state index contributed by atoms with van der Waals surface area (Å²) in [6.45, 7) is 8.36. The number of carbonyl (C=O) groups excluding carboxylic acids is 1. The second kappa shape index (κ2) is 7.16. The lowest BCUT2D eigenvalue weighted by Gasteiger charge is -2.10. The predicted octanol–water partition coefficient (Wildman–Crippen LogP) is 1.29. The minimum atomic E-state index is -0.166. The van der Waals surface area contributed by atoms with E-state index in [0.717, 1.165) is 25.2 Å². The highest BCUT2D eigenvalue weighted by molar-refractivity contribution is 5.71. The standard InChI is InChI=1S/C13H23N3O2/c1-10(13(17)18-4)9-14-6-5-7-16-12(3)8-11(2)15-16/h8,10,14H,5-7,9H2,1-4H3. The van der Waals surface area contributed by atoms with Crippen LogP contribution in [0.2, 0.25) is 0 Å². The van der Waals surface area contributed by atoms with Crippen molar-refractivity contribution in [1.82, 2.24) is 15.1 Å². The van der Waals surface area contributed by atoms with Gasteiger partial charge >= 0.3 is 5.97 Å². The second-order valence-electron chi connectivity index (χ2n) is 4.63. The zero-order valence-corrected chi connectivity index (χ0v) is 11.7. The molecule has 0 saturated carbocycles. The van der Waals surface area contributed by atoms with Crippen molar-refractivity contribution < 1.29 is 9.53 Å². The number of nitrogens with one attached hydrogen (secondary N) is 1. The summed E-state index contributed by atoms with van der Waals surface area (Å²) in [6.07, 6.45) is 0.996. The third-order valence-corrected chi connectivity index (χ3v) is 2.88. The fourth-order valence-corrected chi connectivity index (χ4v) is 1.86. The van der Waals surface area contributed by atoms with Crippen molar-refractivity contribution in [1.29, 1.82) is 0 Å². The van der Waals surface area contributed by atoms with E-state index in [1.807, 2.05) is 18.5 Å². The van der Waals surface area contributed by atoms with Gasteiger partial charge in [-0.1, -0.05) is 6.92 Å². The number of carbonyl (C=O) groups is 1. The van der Waals surface area contributed by atoms with Gasteiger partial charge in [-0.05, 0) is 32.9 Å². The van der Waals surface area contributed by atoms with E-state index >= 15 is 0 Å². The first-order valence-corrected chi connectivity index (χ1v) is 6.34. The van der Waals surface area contributed by atoms with Gasteiger partial charge in [-0.25, -0.2) is 0 Å². The van der Waals surface area contributed by atoms with Crippen LogP contribution in [0.4, 0.5) is 0 Å². The first kappa shape index (κ1) is 14.7. The zero-order valence-electron chi connectivity index (χ0n) is 11.7. The number of hydrogen-bond donors (Lipinski definition) is 1. The lowest BCUT2D eigenvalue weighted by molar-refractivity contribution is -0.144. The summed E-state index contributed by atoms with van der Waals surface area (Å²) in [7, 11) is 1.42. The molecule has 1 N–H and O–H groups in total. The van der Waals surface area contributed by atoms with Crippen LogP contribution >= 0.6 is 0 Å². The molecule has 18 heavy (non-hydrogen) atoms. The van der Waals surface area contributed by atoms with Gasteiger partial charge in [0.1, 0.15) is 0 Å². The Morgan fingerprint density at radius 1 is 1.56 bits per heavy atom. The molecule has 1 heterocycles. The van der Waals surface area contributed by atoms with Crippen LogP contribution in [-0.2, 0) is 16.1 Å². The molecule has 5 nitrogen and oxygen atoms in total. The monoisotopic (exact) mass is 253 g/mol. The van der Waals surface area contributed by atoms with Crippen molar-refractivity contribution in [3.05, 3.63) is 17.5 Å². The van der Waals surface area contributed by atoms with Crippen LogP contribution in [0.5, 0.6) is 0 Å². The van der Waals surface area contributed by atoms with E-state index in [1.165, 1.54) is 12.8 Å². The maximum atomic E-state index is 11.2. The number of hydrogen-bond acceptors (Lipinski definition) is 4. The summed E-state index contributed by atoms with van der Waals surface area (Å²) >= 11 is 0. The van der Waals surface area contributed by atoms with Gasteiger partial charge in [-0.2, -0.15) is 5.10 Å². The average Bonchev–Trinajstić information content (AvgIpc) is 2.66. The van der Waals surface area contributed by atoms with Crippen LogP contribution < -0.4 is 5.32 Å². The summed E-state index contributed by atoms with van der Waals surface area (Å²) in [4.78, 5) is 11.2. The predicted molar refractivity (Wildman–Crippen MR) is 70.4 cm³/mol. The molecule has 0 aromatic carbocycles. The van der Waals surface area contributed by atoms with Gasteiger partial charge in [0.05, 0.1) is 18.7 Å². The van der Waals surface area contributed by atoms with E-state index in [-0.39, 0.29) is 11.9 Å². The molecule has 0 aliphatic heterocycles. The van der Waals surface area contributed by atoms with Crippen molar-refractivity contribution >= 4 is 5.97 Å². The van der Waals surface area contributed by atoms with E-state index in [0.29, 0.717) is 6.54 Å². The lowest BCUT2D eigenvalue weighted by Crippen LogP contribution is -2.28. The number of methoxy groups -OCH3 is 1. The Labute approximate surface area is 109 Å². The Morgan fingerprint density at radius 2 is 2.28 bits per heavy atom. The van der Waals surface area contributed by atoms with Crippen molar-refractivity contribution in [2.75, 3.05) is 20.2 Å². The molecule has 102 valence electrons. The molecule has 0 fully saturated rings. The van der Waals surface area contributed by atoms with Crippen molar-refractivity contribution in [2.24, 2.45) is 5.92 Å². The van der Waals surface area contributed by atoms with Gasteiger partial charge in [0, 0.05) is 18.8 Å². The molecular formula is C13H23N3O2. The second-order valence-corrected chi connectivity index (χ2v) is 4.63. The molecular weight excluding hydrogens is 230 g/mol. The Morgan fingerprint density at radius 3 is 2.83 bits per heavy atom. The van der Waals surface area contributed by atoms with Gasteiger partial charge in [0.25, 0.3) is 0 Å². The topological polar surface area (TPSA) is 56.1 Å². The quantitative estimate of drug-likeness (QED) is 0.587. The molecule has 0 spiro atoms. The number of rotatable bonds is 7. The molecule has 1 rings (SSSR count). The first-order chi connectivity index (χ1) is 8.54. The van der Waals surface area contributed by atoms with Crippen LogP contribution in [0, 0.1) is 19.8 Å². The maximum absolute atomic E-state index is 11.2. The summed E-state index contributed by atoms with van der Waals surface area (Å²) in [5, 5.41) is 7.65. The molecule has 1 aromatic rings. The van der Waals surface area contributed by atoms with Crippen LogP contribution in [0.1, 0.15) is 24.7 Å². The summed E-state index contributed by atoms with van der Waals surface area (Å²) < 4.78 is 6.68.